The summed E-state index contributed by atoms with van der Waals surface area (Å²) in [6, 6.07) is 14.4. The lowest BCUT2D eigenvalue weighted by atomic mass is 10.1. The van der Waals surface area contributed by atoms with Crippen LogP contribution in [0, 0.1) is 18.7 Å². The summed E-state index contributed by atoms with van der Waals surface area (Å²) in [5, 5.41) is -0.192. The highest BCUT2D eigenvalue weighted by Gasteiger charge is 2.28. The van der Waals surface area contributed by atoms with Crippen molar-refractivity contribution in [2.75, 3.05) is 0 Å². The second-order valence-corrected chi connectivity index (χ2v) is 9.88. The minimum absolute atomic E-state index is 0.0387. The van der Waals surface area contributed by atoms with Gasteiger partial charge in [-0.3, -0.25) is 9.59 Å². The van der Waals surface area contributed by atoms with E-state index >= 15 is 0 Å². The van der Waals surface area contributed by atoms with Gasteiger partial charge in [0.05, 0.1) is 17.6 Å². The Balaban J connectivity index is 2.13. The number of thioether (sulfide) groups is 1. The maximum atomic E-state index is 13.5. The van der Waals surface area contributed by atoms with Crippen LogP contribution >= 0.6 is 11.8 Å². The van der Waals surface area contributed by atoms with E-state index in [0.717, 1.165) is 16.0 Å². The van der Waals surface area contributed by atoms with Crippen molar-refractivity contribution in [3.05, 3.63) is 65.5 Å². The van der Waals surface area contributed by atoms with Gasteiger partial charge >= 0.3 is 11.9 Å². The molecule has 0 aliphatic carbocycles. The van der Waals surface area contributed by atoms with Crippen molar-refractivity contribution in [2.45, 2.75) is 69.8 Å². The van der Waals surface area contributed by atoms with Gasteiger partial charge in [-0.15, -0.1) is 11.8 Å². The van der Waals surface area contributed by atoms with Gasteiger partial charge in [-0.05, 0) is 63.9 Å². The Morgan fingerprint density at radius 2 is 1.71 bits per heavy atom. The molecule has 0 saturated carbocycles. The van der Waals surface area contributed by atoms with Crippen molar-refractivity contribution >= 4 is 23.7 Å². The normalized spacial score (nSPS) is 14.4. The van der Waals surface area contributed by atoms with Gasteiger partial charge in [0.25, 0.3) is 0 Å². The summed E-state index contributed by atoms with van der Waals surface area (Å²) >= 11 is 1.53. The number of rotatable bonds is 8. The molecule has 0 N–H and O–H groups in total. The van der Waals surface area contributed by atoms with Gasteiger partial charge in [0.2, 0.25) is 0 Å². The molecule has 0 spiro atoms. The maximum absolute atomic E-state index is 13.5. The van der Waals surface area contributed by atoms with Gasteiger partial charge in [-0.1, -0.05) is 37.3 Å². The largest absolute Gasteiger partial charge is 0.461 e. The minimum Gasteiger partial charge on any atom is -0.461 e. The highest BCUT2D eigenvalue weighted by atomic mass is 32.2. The summed E-state index contributed by atoms with van der Waals surface area (Å²) in [5.41, 5.74) is 1.22. The number of halogens is 1. The zero-order valence-electron chi connectivity index (χ0n) is 19.0. The number of aryl methyl sites for hydroxylation is 1. The second kappa shape index (κ2) is 10.8. The third-order valence-electron chi connectivity index (χ3n) is 4.54. The molecule has 0 heterocycles. The van der Waals surface area contributed by atoms with Crippen LogP contribution in [-0.4, -0.2) is 23.6 Å². The highest BCUT2D eigenvalue weighted by molar-refractivity contribution is 7.99. The van der Waals surface area contributed by atoms with Gasteiger partial charge in [0.15, 0.2) is 0 Å². The first-order valence-corrected chi connectivity index (χ1v) is 11.2. The lowest BCUT2D eigenvalue weighted by Gasteiger charge is -2.26. The van der Waals surface area contributed by atoms with Crippen molar-refractivity contribution in [1.29, 1.82) is 0 Å². The average Bonchev–Trinajstić information content (AvgIpc) is 2.66. The molecular weight excluding hydrogens is 415 g/mol. The fraction of sp³-hybridized carbons (Fsp3) is 0.440. The van der Waals surface area contributed by atoms with Crippen LogP contribution in [-0.2, 0) is 19.1 Å². The van der Waals surface area contributed by atoms with Crippen molar-refractivity contribution in [3.8, 4) is 0 Å². The zero-order valence-corrected chi connectivity index (χ0v) is 19.8. The molecule has 31 heavy (non-hydrogen) atoms. The van der Waals surface area contributed by atoms with Crippen LogP contribution in [0.5, 0.6) is 0 Å². The monoisotopic (exact) mass is 446 g/mol. The molecule has 0 saturated heterocycles. The Morgan fingerprint density at radius 3 is 2.29 bits per heavy atom. The van der Waals surface area contributed by atoms with E-state index in [9.17, 15) is 14.0 Å². The molecule has 0 aromatic heterocycles. The van der Waals surface area contributed by atoms with E-state index in [1.54, 1.807) is 33.8 Å². The Morgan fingerprint density at radius 1 is 1.06 bits per heavy atom. The molecule has 168 valence electrons. The predicted molar refractivity (Wildman–Crippen MR) is 121 cm³/mol. The molecular formula is C25H31FO4S. The molecule has 2 aromatic rings. The quantitative estimate of drug-likeness (QED) is 0.353. The van der Waals surface area contributed by atoms with Gasteiger partial charge < -0.3 is 9.47 Å². The van der Waals surface area contributed by atoms with Crippen LogP contribution in [0.4, 0.5) is 4.39 Å². The van der Waals surface area contributed by atoms with E-state index in [4.69, 9.17) is 9.47 Å². The molecule has 0 amide bonds. The van der Waals surface area contributed by atoms with E-state index in [1.807, 2.05) is 44.2 Å². The predicted octanol–water partition coefficient (Wildman–Crippen LogP) is 6.27. The fourth-order valence-corrected chi connectivity index (χ4v) is 4.24. The van der Waals surface area contributed by atoms with Crippen LogP contribution < -0.4 is 0 Å². The molecule has 0 aliphatic heterocycles. The molecule has 0 fully saturated rings. The third kappa shape index (κ3) is 8.02. The Labute approximate surface area is 188 Å². The Bertz CT molecular complexity index is 892. The molecule has 3 atom stereocenters. The van der Waals surface area contributed by atoms with Crippen LogP contribution in [0.25, 0.3) is 0 Å². The molecule has 4 nitrogen and oxygen atoms in total. The van der Waals surface area contributed by atoms with E-state index in [1.165, 1.54) is 23.9 Å². The van der Waals surface area contributed by atoms with Crippen molar-refractivity contribution in [3.63, 3.8) is 0 Å². The summed E-state index contributed by atoms with van der Waals surface area (Å²) in [7, 11) is 0. The maximum Gasteiger partial charge on any atom is 0.309 e. The van der Waals surface area contributed by atoms with E-state index < -0.39 is 29.6 Å². The van der Waals surface area contributed by atoms with Gasteiger partial charge in [0, 0.05) is 4.90 Å². The summed E-state index contributed by atoms with van der Waals surface area (Å²) in [6.45, 7) is 10.7. The molecule has 2 rings (SSSR count). The Hall–Kier alpha value is -2.34. The van der Waals surface area contributed by atoms with Crippen molar-refractivity contribution in [1.82, 2.24) is 0 Å². The highest BCUT2D eigenvalue weighted by Crippen LogP contribution is 2.40. The van der Waals surface area contributed by atoms with Crippen molar-refractivity contribution in [2.24, 2.45) is 5.92 Å². The third-order valence-corrected chi connectivity index (χ3v) is 6.16. The van der Waals surface area contributed by atoms with Gasteiger partial charge in [-0.25, -0.2) is 4.39 Å². The van der Waals surface area contributed by atoms with E-state index in [0.29, 0.717) is 0 Å². The number of esters is 2. The second-order valence-electron chi connectivity index (χ2n) is 8.69. The van der Waals surface area contributed by atoms with E-state index in [-0.39, 0.29) is 17.5 Å². The summed E-state index contributed by atoms with van der Waals surface area (Å²) < 4.78 is 24.6. The number of ether oxygens (including phenoxy) is 2. The number of carbonyl (C=O) groups is 2. The van der Waals surface area contributed by atoms with Gasteiger partial charge in [-0.2, -0.15) is 0 Å². The lowest BCUT2D eigenvalue weighted by Crippen LogP contribution is -2.29. The topological polar surface area (TPSA) is 52.6 Å². The first-order valence-electron chi connectivity index (χ1n) is 10.4. The minimum atomic E-state index is -0.619. The molecule has 0 unspecified atom stereocenters. The number of hydrogen-bond acceptors (Lipinski definition) is 5. The lowest BCUT2D eigenvalue weighted by molar-refractivity contribution is -0.163. The van der Waals surface area contributed by atoms with Crippen LogP contribution in [0.2, 0.25) is 0 Å². The standard InChI is InChI=1S/C25H31FO4S/c1-16-14-20(26)12-13-21(16)31-23(19-10-8-7-9-11-19)18(3)29-24(28)17(2)15-22(27)30-25(4,5)6/h7-14,17-18,23H,15H2,1-6H3/t17-,18+,23+/m1/s1. The van der Waals surface area contributed by atoms with Crippen LogP contribution in [0.15, 0.2) is 53.4 Å². The number of hydrogen-bond donors (Lipinski definition) is 0. The molecule has 0 bridgehead atoms. The molecule has 2 aromatic carbocycles. The summed E-state index contributed by atoms with van der Waals surface area (Å²) in [5.74, 6) is -1.78. The fourth-order valence-electron chi connectivity index (χ4n) is 3.04. The smallest absolute Gasteiger partial charge is 0.309 e. The van der Waals surface area contributed by atoms with Gasteiger partial charge in [0.1, 0.15) is 17.5 Å². The van der Waals surface area contributed by atoms with Crippen LogP contribution in [0.1, 0.15) is 57.4 Å². The van der Waals surface area contributed by atoms with Crippen molar-refractivity contribution < 1.29 is 23.5 Å². The van der Waals surface area contributed by atoms with Crippen LogP contribution in [0.3, 0.4) is 0 Å². The summed E-state index contributed by atoms with van der Waals surface area (Å²) in [6.07, 6.45) is -0.506. The Kier molecular flexibility index (Phi) is 8.69. The molecule has 6 heteroatoms. The zero-order chi connectivity index (χ0) is 23.2. The first kappa shape index (κ1) is 24.9. The van der Waals surface area contributed by atoms with E-state index in [2.05, 4.69) is 0 Å². The summed E-state index contributed by atoms with van der Waals surface area (Å²) in [4.78, 5) is 25.6. The SMILES string of the molecule is Cc1cc(F)ccc1S[C@H](c1ccccc1)[C@H](C)OC(=O)[C@H](C)CC(=O)OC(C)(C)C. The molecule has 0 aliphatic rings. The molecule has 0 radical (unpaired) electrons. The number of carbonyl (C=O) groups excluding carboxylic acids is 2. The number of benzene rings is 2. The first-order chi connectivity index (χ1) is 14.5. The average molecular weight is 447 g/mol.